The maximum absolute atomic E-state index is 13.9. The van der Waals surface area contributed by atoms with E-state index in [1.807, 2.05) is 61.5 Å². The Kier molecular flexibility index (Phi) is 7.33. The number of carbonyl (C=O) groups excluding carboxylic acids is 2. The van der Waals surface area contributed by atoms with Gasteiger partial charge in [0.25, 0.3) is 0 Å². The van der Waals surface area contributed by atoms with Crippen LogP contribution in [-0.2, 0) is 17.6 Å². The summed E-state index contributed by atoms with van der Waals surface area (Å²) in [6.45, 7) is 4.29. The molecule has 6 nitrogen and oxygen atoms in total. The van der Waals surface area contributed by atoms with Gasteiger partial charge in [0.2, 0.25) is 11.7 Å². The molecule has 206 valence electrons. The molecule has 0 bridgehead atoms. The Morgan fingerprint density at radius 3 is 2.34 bits per heavy atom. The summed E-state index contributed by atoms with van der Waals surface area (Å²) in [4.78, 5) is 34.4. The molecular formula is C34H30FN3O3. The quantitative estimate of drug-likeness (QED) is 0.225. The maximum atomic E-state index is 13.9. The highest BCUT2D eigenvalue weighted by Crippen LogP contribution is 2.31. The third-order valence-corrected chi connectivity index (χ3v) is 7.73. The number of amides is 1. The number of pyridine rings is 1. The number of fused-ring (bicyclic) bond motifs is 1. The van der Waals surface area contributed by atoms with E-state index in [9.17, 15) is 14.0 Å². The number of anilines is 1. The summed E-state index contributed by atoms with van der Waals surface area (Å²) in [5.74, 6) is 0.668. The fourth-order valence-electron chi connectivity index (χ4n) is 5.38. The van der Waals surface area contributed by atoms with E-state index in [-0.39, 0.29) is 30.3 Å². The average Bonchev–Trinajstić information content (AvgIpc) is 3.35. The lowest BCUT2D eigenvalue weighted by Gasteiger charge is -2.35. The van der Waals surface area contributed by atoms with E-state index in [1.54, 1.807) is 29.3 Å². The molecule has 0 aliphatic carbocycles. The molecule has 0 spiro atoms. The molecule has 3 aromatic carbocycles. The van der Waals surface area contributed by atoms with Crippen LogP contribution in [0.25, 0.3) is 22.1 Å². The summed E-state index contributed by atoms with van der Waals surface area (Å²) >= 11 is 0. The third kappa shape index (κ3) is 5.61. The molecule has 0 N–H and O–H groups in total. The molecule has 7 heteroatoms. The molecular weight excluding hydrogens is 517 g/mol. The largest absolute Gasteiger partial charge is 0.453 e. The number of rotatable bonds is 7. The van der Waals surface area contributed by atoms with Crippen molar-refractivity contribution in [2.45, 2.75) is 19.8 Å². The number of hydrogen-bond donors (Lipinski definition) is 0. The molecule has 5 aromatic rings. The highest BCUT2D eigenvalue weighted by molar-refractivity contribution is 6.01. The lowest BCUT2D eigenvalue weighted by atomic mass is 10.0. The number of Topliss-reactive ketones (excluding diaryl/α,β-unsaturated/α-hetero) is 1. The van der Waals surface area contributed by atoms with Gasteiger partial charge in [-0.1, -0.05) is 66.7 Å². The van der Waals surface area contributed by atoms with Gasteiger partial charge in [0.15, 0.2) is 5.76 Å². The molecule has 1 aliphatic rings. The minimum absolute atomic E-state index is 0.0620. The standard InChI is InChI=1S/C34H30FN3O3/c1-23-28-13-12-26(25-7-3-2-4-8-25)20-31(28)41-34(23)30(39)19-24-11-14-32(36-22-24)37-15-17-38(18-16-37)33(40)21-27-9-5-6-10-29(27)35/h2-14,20,22H,15-19,21H2,1H3. The second-order valence-electron chi connectivity index (χ2n) is 10.4. The van der Waals surface area contributed by atoms with Gasteiger partial charge in [0.1, 0.15) is 17.2 Å². The van der Waals surface area contributed by atoms with Crippen LogP contribution in [0.3, 0.4) is 0 Å². The minimum Gasteiger partial charge on any atom is -0.453 e. The number of carbonyl (C=O) groups is 2. The van der Waals surface area contributed by atoms with E-state index in [2.05, 4.69) is 16.0 Å². The molecule has 0 saturated carbocycles. The van der Waals surface area contributed by atoms with Crippen molar-refractivity contribution in [3.8, 4) is 11.1 Å². The zero-order chi connectivity index (χ0) is 28.3. The van der Waals surface area contributed by atoms with Crippen molar-refractivity contribution in [1.29, 1.82) is 0 Å². The predicted octanol–water partition coefficient (Wildman–Crippen LogP) is 6.26. The Morgan fingerprint density at radius 2 is 1.61 bits per heavy atom. The summed E-state index contributed by atoms with van der Waals surface area (Å²) in [6.07, 6.45) is 1.98. The van der Waals surface area contributed by atoms with Crippen LogP contribution in [0.5, 0.6) is 0 Å². The average molecular weight is 548 g/mol. The number of benzene rings is 3. The molecule has 0 atom stereocenters. The molecule has 1 amide bonds. The molecule has 1 fully saturated rings. The van der Waals surface area contributed by atoms with E-state index in [0.29, 0.717) is 43.1 Å². The first kappa shape index (κ1) is 26.4. The highest BCUT2D eigenvalue weighted by atomic mass is 19.1. The molecule has 0 radical (unpaired) electrons. The fraction of sp³-hybridized carbons (Fsp3) is 0.206. The lowest BCUT2D eigenvalue weighted by molar-refractivity contribution is -0.130. The monoisotopic (exact) mass is 547 g/mol. The van der Waals surface area contributed by atoms with Gasteiger partial charge < -0.3 is 14.2 Å². The van der Waals surface area contributed by atoms with Crippen molar-refractivity contribution < 1.29 is 18.4 Å². The van der Waals surface area contributed by atoms with Gasteiger partial charge in [-0.25, -0.2) is 9.37 Å². The Bertz CT molecular complexity index is 1710. The minimum atomic E-state index is -0.352. The number of aryl methyl sites for hydroxylation is 1. The smallest absolute Gasteiger partial charge is 0.227 e. The molecule has 2 aromatic heterocycles. The molecule has 3 heterocycles. The summed E-state index contributed by atoms with van der Waals surface area (Å²) in [5, 5.41) is 0.938. The van der Waals surface area contributed by atoms with Crippen molar-refractivity contribution in [3.05, 3.63) is 119 Å². The van der Waals surface area contributed by atoms with E-state index in [1.165, 1.54) is 6.07 Å². The SMILES string of the molecule is Cc1c(C(=O)Cc2ccc(N3CCN(C(=O)Cc4ccccc4F)CC3)nc2)oc2cc(-c3ccccc3)ccc12. The number of halogens is 1. The van der Waals surface area contributed by atoms with Gasteiger partial charge in [-0.15, -0.1) is 0 Å². The van der Waals surface area contributed by atoms with Crippen LogP contribution in [0, 0.1) is 12.7 Å². The van der Waals surface area contributed by atoms with Crippen molar-refractivity contribution in [1.82, 2.24) is 9.88 Å². The van der Waals surface area contributed by atoms with E-state index >= 15 is 0 Å². The van der Waals surface area contributed by atoms with Crippen molar-refractivity contribution in [3.63, 3.8) is 0 Å². The second-order valence-corrected chi connectivity index (χ2v) is 10.4. The molecule has 0 unspecified atom stereocenters. The Morgan fingerprint density at radius 1 is 0.854 bits per heavy atom. The number of ketones is 1. The third-order valence-electron chi connectivity index (χ3n) is 7.73. The van der Waals surface area contributed by atoms with Gasteiger partial charge in [0, 0.05) is 49.7 Å². The lowest BCUT2D eigenvalue weighted by Crippen LogP contribution is -2.49. The van der Waals surface area contributed by atoms with Crippen molar-refractivity contribution in [2.75, 3.05) is 31.1 Å². The van der Waals surface area contributed by atoms with Crippen molar-refractivity contribution >= 4 is 28.5 Å². The van der Waals surface area contributed by atoms with Crippen LogP contribution in [0.15, 0.2) is 95.5 Å². The van der Waals surface area contributed by atoms with Crippen LogP contribution in [0.1, 0.15) is 27.2 Å². The maximum Gasteiger partial charge on any atom is 0.227 e. The van der Waals surface area contributed by atoms with E-state index in [0.717, 1.165) is 33.5 Å². The summed E-state index contributed by atoms with van der Waals surface area (Å²) in [6, 6.07) is 26.3. The van der Waals surface area contributed by atoms with Crippen LogP contribution < -0.4 is 4.90 Å². The summed E-state index contributed by atoms with van der Waals surface area (Å²) < 4.78 is 20.0. The van der Waals surface area contributed by atoms with Crippen LogP contribution in [0.2, 0.25) is 0 Å². The Labute approximate surface area is 238 Å². The van der Waals surface area contributed by atoms with Crippen LogP contribution in [-0.4, -0.2) is 47.8 Å². The Hall–Kier alpha value is -4.78. The zero-order valence-corrected chi connectivity index (χ0v) is 22.8. The van der Waals surface area contributed by atoms with Crippen molar-refractivity contribution in [2.24, 2.45) is 0 Å². The first-order valence-corrected chi connectivity index (χ1v) is 13.8. The number of hydrogen-bond acceptors (Lipinski definition) is 5. The topological polar surface area (TPSA) is 66.7 Å². The highest BCUT2D eigenvalue weighted by Gasteiger charge is 2.23. The zero-order valence-electron chi connectivity index (χ0n) is 22.8. The molecule has 41 heavy (non-hydrogen) atoms. The van der Waals surface area contributed by atoms with Gasteiger partial charge in [-0.3, -0.25) is 9.59 Å². The number of nitrogens with zero attached hydrogens (tertiary/aromatic N) is 3. The van der Waals surface area contributed by atoms with E-state index < -0.39 is 0 Å². The van der Waals surface area contributed by atoms with Crippen LogP contribution >= 0.6 is 0 Å². The molecule has 6 rings (SSSR count). The van der Waals surface area contributed by atoms with Gasteiger partial charge in [-0.05, 0) is 47.4 Å². The normalized spacial score (nSPS) is 13.5. The van der Waals surface area contributed by atoms with Gasteiger partial charge >= 0.3 is 0 Å². The fourth-order valence-corrected chi connectivity index (χ4v) is 5.38. The van der Waals surface area contributed by atoms with E-state index in [4.69, 9.17) is 4.42 Å². The Balaban J connectivity index is 1.07. The first-order chi connectivity index (χ1) is 20.0. The number of piperazine rings is 1. The number of aromatic nitrogens is 1. The summed E-state index contributed by atoms with van der Waals surface area (Å²) in [5.41, 5.74) is 4.91. The number of furan rings is 1. The second kappa shape index (κ2) is 11.4. The predicted molar refractivity (Wildman–Crippen MR) is 158 cm³/mol. The van der Waals surface area contributed by atoms with Gasteiger partial charge in [-0.2, -0.15) is 0 Å². The molecule has 1 saturated heterocycles. The van der Waals surface area contributed by atoms with Crippen LogP contribution in [0.4, 0.5) is 10.2 Å². The first-order valence-electron chi connectivity index (χ1n) is 13.8. The molecule has 1 aliphatic heterocycles. The van der Waals surface area contributed by atoms with Gasteiger partial charge in [0.05, 0.1) is 6.42 Å². The summed E-state index contributed by atoms with van der Waals surface area (Å²) in [7, 11) is 0.